The highest BCUT2D eigenvalue weighted by Crippen LogP contribution is 2.18. The Kier molecular flexibility index (Phi) is 7.20. The van der Waals surface area contributed by atoms with E-state index in [0.717, 1.165) is 17.2 Å². The van der Waals surface area contributed by atoms with E-state index in [1.807, 2.05) is 29.9 Å². The van der Waals surface area contributed by atoms with Crippen molar-refractivity contribution < 1.29 is 8.42 Å². The topological polar surface area (TPSA) is 91.6 Å². The van der Waals surface area contributed by atoms with Crippen molar-refractivity contribution in [1.82, 2.24) is 24.7 Å². The summed E-state index contributed by atoms with van der Waals surface area (Å²) < 4.78 is 27.8. The Morgan fingerprint density at radius 3 is 2.46 bits per heavy atom. The van der Waals surface area contributed by atoms with Gasteiger partial charge in [0.05, 0.1) is 10.6 Å². The predicted octanol–water partition coefficient (Wildman–Crippen LogP) is 1.66. The molecule has 2 rings (SSSR count). The van der Waals surface area contributed by atoms with Crippen LogP contribution in [0.25, 0.3) is 0 Å². The van der Waals surface area contributed by atoms with Gasteiger partial charge in [-0.05, 0) is 30.7 Å². The Labute approximate surface area is 167 Å². The fourth-order valence-corrected chi connectivity index (χ4v) is 3.69. The fraction of sp³-hybridized carbons (Fsp3) is 0.474. The van der Waals surface area contributed by atoms with Crippen LogP contribution in [0, 0.1) is 0 Å². The van der Waals surface area contributed by atoms with Crippen LogP contribution in [-0.2, 0) is 30.2 Å². The number of rotatable bonds is 7. The van der Waals surface area contributed by atoms with Crippen molar-refractivity contribution in [3.63, 3.8) is 0 Å². The summed E-state index contributed by atoms with van der Waals surface area (Å²) in [5.41, 5.74) is 3.23. The molecular formula is C19H30N6O2S. The largest absolute Gasteiger partial charge is 0.352 e. The van der Waals surface area contributed by atoms with Gasteiger partial charge in [-0.25, -0.2) is 13.1 Å². The van der Waals surface area contributed by atoms with E-state index in [4.69, 9.17) is 0 Å². The van der Waals surface area contributed by atoms with Crippen LogP contribution in [0.3, 0.4) is 0 Å². The van der Waals surface area contributed by atoms with E-state index in [9.17, 15) is 8.42 Å². The molecule has 2 N–H and O–H groups in total. The van der Waals surface area contributed by atoms with Crippen molar-refractivity contribution in [3.8, 4) is 0 Å². The van der Waals surface area contributed by atoms with E-state index in [1.165, 1.54) is 12.6 Å². The fourth-order valence-electron chi connectivity index (χ4n) is 2.96. The lowest BCUT2D eigenvalue weighted by atomic mass is 10.1. The number of sulfonamides is 1. The molecule has 0 bridgehead atoms. The van der Waals surface area contributed by atoms with E-state index < -0.39 is 10.0 Å². The molecule has 2 aromatic rings. The molecule has 0 spiro atoms. The highest BCUT2D eigenvalue weighted by atomic mass is 32.2. The molecule has 0 amide bonds. The van der Waals surface area contributed by atoms with Crippen LogP contribution in [0.1, 0.15) is 36.6 Å². The monoisotopic (exact) mass is 406 g/mol. The minimum absolute atomic E-state index is 0.248. The summed E-state index contributed by atoms with van der Waals surface area (Å²) in [6.07, 6.45) is 2.04. The van der Waals surface area contributed by atoms with Crippen molar-refractivity contribution in [3.05, 3.63) is 47.3 Å². The molecule has 1 heterocycles. The summed E-state index contributed by atoms with van der Waals surface area (Å²) in [5.74, 6) is 1.11. The highest BCUT2D eigenvalue weighted by molar-refractivity contribution is 7.89. The third-order valence-corrected chi connectivity index (χ3v) is 5.85. The van der Waals surface area contributed by atoms with Crippen LogP contribution in [0.15, 0.2) is 40.4 Å². The molecule has 0 aliphatic carbocycles. The second-order valence-corrected chi connectivity index (χ2v) is 8.86. The zero-order valence-electron chi connectivity index (χ0n) is 17.4. The summed E-state index contributed by atoms with van der Waals surface area (Å²) in [6.45, 7) is 5.51. The summed E-state index contributed by atoms with van der Waals surface area (Å²) >= 11 is 0. The Balaban J connectivity index is 2.03. The van der Waals surface area contributed by atoms with Crippen molar-refractivity contribution in [2.45, 2.75) is 37.8 Å². The molecule has 9 heteroatoms. The van der Waals surface area contributed by atoms with Crippen LogP contribution in [-0.4, -0.2) is 50.2 Å². The minimum atomic E-state index is -3.42. The molecule has 0 radical (unpaired) electrons. The van der Waals surface area contributed by atoms with Gasteiger partial charge in [-0.1, -0.05) is 26.0 Å². The number of aromatic nitrogens is 2. The van der Waals surface area contributed by atoms with Gasteiger partial charge in [-0.15, -0.1) is 0 Å². The zero-order chi connectivity index (χ0) is 20.9. The molecule has 0 saturated carbocycles. The van der Waals surface area contributed by atoms with Gasteiger partial charge >= 0.3 is 0 Å². The average Bonchev–Trinajstić information content (AvgIpc) is 3.03. The smallest absolute Gasteiger partial charge is 0.240 e. The van der Waals surface area contributed by atoms with Gasteiger partial charge in [0.25, 0.3) is 0 Å². The quantitative estimate of drug-likeness (QED) is 0.539. The number of nitrogens with zero attached hydrogens (tertiary/aromatic N) is 4. The number of hydrogen-bond acceptors (Lipinski definition) is 4. The number of aliphatic imine (C=N–C) groups is 1. The maximum atomic E-state index is 11.8. The van der Waals surface area contributed by atoms with E-state index in [2.05, 4.69) is 34.0 Å². The Hall–Kier alpha value is -2.39. The van der Waals surface area contributed by atoms with Crippen LogP contribution in [0.4, 0.5) is 0 Å². The molecular weight excluding hydrogens is 376 g/mol. The van der Waals surface area contributed by atoms with E-state index in [0.29, 0.717) is 19.0 Å². The van der Waals surface area contributed by atoms with E-state index in [1.54, 1.807) is 31.3 Å². The number of nitrogens with one attached hydrogen (secondary N) is 2. The molecule has 0 unspecified atom stereocenters. The molecule has 1 aromatic carbocycles. The van der Waals surface area contributed by atoms with Crippen LogP contribution < -0.4 is 10.0 Å². The minimum Gasteiger partial charge on any atom is -0.352 e. The second-order valence-electron chi connectivity index (χ2n) is 6.98. The molecule has 154 valence electrons. The number of benzene rings is 1. The van der Waals surface area contributed by atoms with Crippen LogP contribution in [0.2, 0.25) is 0 Å². The molecule has 0 fully saturated rings. The molecule has 0 aliphatic heterocycles. The average molecular weight is 407 g/mol. The number of guanidine groups is 1. The number of aryl methyl sites for hydroxylation is 1. The van der Waals surface area contributed by atoms with Gasteiger partial charge in [0.2, 0.25) is 10.0 Å². The first kappa shape index (κ1) is 21.9. The maximum absolute atomic E-state index is 11.8. The summed E-state index contributed by atoms with van der Waals surface area (Å²) in [5, 5.41) is 7.87. The first-order valence-corrected chi connectivity index (χ1v) is 10.6. The van der Waals surface area contributed by atoms with Gasteiger partial charge in [0.1, 0.15) is 0 Å². The normalized spacial score (nSPS) is 12.5. The SMILES string of the molecule is CN=C(NCc1ccc(S(=O)(=O)NC)cc1)N(C)Cc1cn(C)nc1C(C)C. The van der Waals surface area contributed by atoms with E-state index >= 15 is 0 Å². The Bertz CT molecular complexity index is 916. The standard InChI is InChI=1S/C19H30N6O2S/c1-14(2)18-16(13-25(6)23-18)12-24(5)19(20-3)22-11-15-7-9-17(10-8-15)28(26,27)21-4/h7-10,13-14,21H,11-12H2,1-6H3,(H,20,22). The van der Waals surface area contributed by atoms with Gasteiger partial charge in [-0.3, -0.25) is 9.67 Å². The Morgan fingerprint density at radius 1 is 1.29 bits per heavy atom. The van der Waals surface area contributed by atoms with Crippen molar-refractivity contribution >= 4 is 16.0 Å². The maximum Gasteiger partial charge on any atom is 0.240 e. The summed E-state index contributed by atoms with van der Waals surface area (Å²) in [7, 11) is 3.64. The summed E-state index contributed by atoms with van der Waals surface area (Å²) in [6, 6.07) is 6.78. The van der Waals surface area contributed by atoms with Crippen molar-refractivity contribution in [2.75, 3.05) is 21.1 Å². The third-order valence-electron chi connectivity index (χ3n) is 4.42. The molecule has 0 atom stereocenters. The van der Waals surface area contributed by atoms with Gasteiger partial charge in [0, 0.05) is 46.0 Å². The first-order valence-electron chi connectivity index (χ1n) is 9.14. The van der Waals surface area contributed by atoms with E-state index in [-0.39, 0.29) is 4.90 Å². The molecule has 0 saturated heterocycles. The lowest BCUT2D eigenvalue weighted by Gasteiger charge is -2.22. The highest BCUT2D eigenvalue weighted by Gasteiger charge is 2.15. The molecule has 8 nitrogen and oxygen atoms in total. The van der Waals surface area contributed by atoms with Crippen LogP contribution >= 0.6 is 0 Å². The zero-order valence-corrected chi connectivity index (χ0v) is 18.2. The van der Waals surface area contributed by atoms with Gasteiger partial charge in [-0.2, -0.15) is 5.10 Å². The van der Waals surface area contributed by atoms with Gasteiger partial charge in [0.15, 0.2) is 5.96 Å². The lowest BCUT2D eigenvalue weighted by Crippen LogP contribution is -2.38. The van der Waals surface area contributed by atoms with Crippen molar-refractivity contribution in [1.29, 1.82) is 0 Å². The van der Waals surface area contributed by atoms with Crippen molar-refractivity contribution in [2.24, 2.45) is 12.0 Å². The number of hydrogen-bond donors (Lipinski definition) is 2. The third kappa shape index (κ3) is 5.32. The summed E-state index contributed by atoms with van der Waals surface area (Å²) in [4.78, 5) is 6.64. The predicted molar refractivity (Wildman–Crippen MR) is 112 cm³/mol. The molecule has 28 heavy (non-hydrogen) atoms. The lowest BCUT2D eigenvalue weighted by molar-refractivity contribution is 0.473. The second kappa shape index (κ2) is 9.20. The molecule has 0 aliphatic rings. The first-order chi connectivity index (χ1) is 13.2. The molecule has 1 aromatic heterocycles. The van der Waals surface area contributed by atoms with Gasteiger partial charge < -0.3 is 10.2 Å². The Morgan fingerprint density at radius 2 is 1.93 bits per heavy atom. The van der Waals surface area contributed by atoms with Crippen LogP contribution in [0.5, 0.6) is 0 Å².